The zero-order valence-electron chi connectivity index (χ0n) is 84.4. The molecule has 0 radical (unpaired) electrons. The van der Waals surface area contributed by atoms with Gasteiger partial charge in [-0.25, -0.2) is 48.6 Å². The number of carboxylic acids is 1. The Bertz CT molecular complexity index is 7230. The molecule has 778 valence electrons. The first-order valence-corrected chi connectivity index (χ1v) is 45.7. The molecule has 46 heteroatoms. The molecule has 0 saturated carbocycles. The number of nitrogens with zero attached hydrogens (tertiary/aromatic N) is 14. The maximum Gasteiger partial charge on any atom is 0.338 e. The molecule has 7 unspecified atom stereocenters. The molecule has 9 heterocycles. The second-order valence-electron chi connectivity index (χ2n) is 32.5. The van der Waals surface area contributed by atoms with Crippen LogP contribution in [0.3, 0.4) is 0 Å². The van der Waals surface area contributed by atoms with Crippen LogP contribution in [-0.2, 0) is 88.5 Å². The molecule has 0 saturated heterocycles. The molecular weight excluding hydrogens is 2000 g/mol. The number of carbonyl (C=O) groups excluding carboxylic acids is 7. The number of fused-ring (bicyclic) bond motifs is 5. The van der Waals surface area contributed by atoms with Crippen LogP contribution in [0.4, 0.5) is 23.7 Å². The number of anilines is 4. The molecule has 11 N–H and O–H groups in total. The molecule has 7 atom stereocenters. The van der Waals surface area contributed by atoms with E-state index >= 15 is 0 Å². The Hall–Kier alpha value is -17.3. The van der Waals surface area contributed by atoms with Gasteiger partial charge in [-0.1, -0.05) is 112 Å². The highest BCUT2D eigenvalue weighted by Crippen LogP contribution is 2.40. The quantitative estimate of drug-likeness (QED) is 0.00418. The number of carboxylic acid groups (broad SMARTS) is 1. The number of rotatable bonds is 30. The van der Waals surface area contributed by atoms with Gasteiger partial charge in [0.25, 0.3) is 0 Å². The summed E-state index contributed by atoms with van der Waals surface area (Å²) in [5, 5.41) is 31.0. The van der Waals surface area contributed by atoms with Crippen molar-refractivity contribution in [3.05, 3.63) is 275 Å². The average Bonchev–Trinajstić information content (AvgIpc) is 1.58. The van der Waals surface area contributed by atoms with Crippen LogP contribution in [0.15, 0.2) is 234 Å². The van der Waals surface area contributed by atoms with E-state index < -0.39 is 62.2 Å². The smallest absolute Gasteiger partial charge is 0.338 e. The molecule has 16 rings (SSSR count). The summed E-state index contributed by atoms with van der Waals surface area (Å²) < 4.78 is 80.4. The number of nitrogen functional groups attached to an aromatic ring is 3. The third kappa shape index (κ3) is 25.0. The first kappa shape index (κ1) is 113. The van der Waals surface area contributed by atoms with E-state index in [1.807, 2.05) is 43.3 Å². The molecule has 148 heavy (non-hydrogen) atoms. The molecule has 0 spiro atoms. The van der Waals surface area contributed by atoms with Gasteiger partial charge in [-0.05, 0) is 197 Å². The monoisotopic (exact) mass is 2110 g/mol. The average molecular weight is 2120 g/mol. The van der Waals surface area contributed by atoms with Crippen molar-refractivity contribution in [3.8, 4) is 51.8 Å². The van der Waals surface area contributed by atoms with Crippen LogP contribution < -0.4 is 66.9 Å². The van der Waals surface area contributed by atoms with Gasteiger partial charge < -0.3 is 98.0 Å². The van der Waals surface area contributed by atoms with Crippen molar-refractivity contribution in [3.63, 3.8) is 0 Å². The minimum atomic E-state index is -1.37. The lowest BCUT2D eigenvalue weighted by Crippen LogP contribution is -2.50. The zero-order valence-corrected chi connectivity index (χ0v) is 86.7. The van der Waals surface area contributed by atoms with Gasteiger partial charge >= 0.3 is 41.8 Å². The zero-order chi connectivity index (χ0) is 108. The van der Waals surface area contributed by atoms with Crippen LogP contribution in [-0.4, -0.2) is 221 Å². The number of hydrogen-bond acceptors (Lipinski definition) is 39. The molecule has 16 aromatic rings. The molecule has 0 amide bonds. The molecule has 0 bridgehead atoms. The van der Waals surface area contributed by atoms with Crippen molar-refractivity contribution >= 4 is 138 Å². The second-order valence-corrected chi connectivity index (χ2v) is 34.4. The molecule has 0 aliphatic heterocycles. The number of aromatic nitrogens is 14. The van der Waals surface area contributed by atoms with E-state index in [4.69, 9.17) is 105 Å². The third-order valence-electron chi connectivity index (χ3n) is 23.7. The van der Waals surface area contributed by atoms with Gasteiger partial charge in [0.05, 0.1) is 158 Å². The highest BCUT2D eigenvalue weighted by atomic mass is 79.9. The summed E-state index contributed by atoms with van der Waals surface area (Å²) in [6.07, 6.45) is 7.52. The fourth-order valence-electron chi connectivity index (χ4n) is 14.7. The number of esters is 6. The Balaban J connectivity index is 0.000000182. The predicted molar refractivity (Wildman–Crippen MR) is 549 cm³/mol. The lowest BCUT2D eigenvalue weighted by Gasteiger charge is -2.28. The van der Waals surface area contributed by atoms with E-state index in [0.29, 0.717) is 101 Å². The molecule has 0 fully saturated rings. The Labute approximate surface area is 861 Å². The van der Waals surface area contributed by atoms with E-state index in [2.05, 4.69) is 81.7 Å². The molecule has 9 aromatic heterocycles. The number of hydrazine groups is 1. The number of Topliss-reactive ketones (excluding diaryl/α,β-unsaturated/α-hetero) is 1. The number of hydrogen-bond donors (Lipinski definition) is 7. The van der Waals surface area contributed by atoms with Crippen molar-refractivity contribution in [2.45, 2.75) is 86.8 Å². The summed E-state index contributed by atoms with van der Waals surface area (Å²) in [6, 6.07) is 56.4. The topological polar surface area (TPSA) is 579 Å². The number of alkyl halides is 1. The lowest BCUT2D eigenvalue weighted by molar-refractivity contribution is -0.149. The summed E-state index contributed by atoms with van der Waals surface area (Å²) in [4.78, 5) is 122. The van der Waals surface area contributed by atoms with Crippen LogP contribution in [0.5, 0.6) is 40.2 Å². The fraction of sp³-hybridized carbons (Fsp3) is 0.275. The van der Waals surface area contributed by atoms with Gasteiger partial charge in [0.1, 0.15) is 55.5 Å². The van der Waals surface area contributed by atoms with E-state index in [-0.39, 0.29) is 58.9 Å². The minimum Gasteiger partial charge on any atom is -0.497 e. The van der Waals surface area contributed by atoms with Crippen molar-refractivity contribution in [2.75, 3.05) is 121 Å². The SMILES string of the molecule is COC(=O)C(C)(Br)c1ccc(OC)cc1.COC(=O)C(C)(NN)c1ccc(OC)cc1.COC(=O)C(C)(c1ccc(OC)cc1)n1ncc2c(Cl)nc(N)nc21.COC(=O)C(C)(c1ccc(OC)cc1)n1ncc2c(NCC(=O)c3ccco3)nc(N)nc21.COC(=O)C(C)(c1ccc(OC)cc1)n1ncc2c1nc(N)n1nc(-c3ccco3)nc21.COC(=O)C(C)c1ccc(OC)cc1.COc1ccc(C(C)C(=O)O)cc1. The van der Waals surface area contributed by atoms with Crippen molar-refractivity contribution in [1.82, 2.24) is 74.3 Å². The number of ether oxygens (including phenoxy) is 13. The summed E-state index contributed by atoms with van der Waals surface area (Å²) in [6.45, 7) is 11.8. The first-order chi connectivity index (χ1) is 70.7. The molecule has 0 aliphatic carbocycles. The number of aliphatic carboxylic acids is 1. The fourth-order valence-corrected chi connectivity index (χ4v) is 15.4. The van der Waals surface area contributed by atoms with E-state index in [0.717, 1.165) is 33.9 Å². The number of nitrogens with two attached hydrogens (primary N) is 4. The third-order valence-corrected chi connectivity index (χ3v) is 24.8. The Morgan fingerprint density at radius 1 is 0.412 bits per heavy atom. The standard InChI is InChI=1S/C22H22N6O5.C21H19N7O4.C16H16ClN5O3.C11H13BrO3.C11H16N2O3.C11H14O3.C10H12O3/c1-22(20(30)32-3,13-6-8-14(31-2)9-7-13)28-19-15(11-25-28)18(26-21(23)27-19)24-12-16(29)17-5-4-10-33-17;1-21(19(29)31-3,12-6-8-13(30-2)9-7-12)28-18-14(11-23-28)17-24-16(15-5-4-10-32-15)26-27(17)20(22)25-18;1-16(14(23)25-3,9-4-6-10(24-2)7-5-9)22-13-11(8-19-22)12(17)20-15(18)21-13;1-11(12,10(13)15-3)8-4-6-9(14-2)7-5-8;1-11(13-12,10(14)16-3)8-4-6-9(15-2)7-5-8;1-8(11(12)14-3)9-4-6-10(13-2)7-5-9;1-7(10(11)12)8-3-5-9(13-2)6-4-8/h4-11H,12H2,1-3H3,(H3,23,24,26,27);4-11H,1-3H3,(H2,22,25);4-8H,1-3H3,(H2,18,20,21);4-7H,1-3H3;4-7,13H,12H2,1-3H3;4-8H,1-3H3;3-7H,1-2H3,(H,11,12). The van der Waals surface area contributed by atoms with Gasteiger partial charge in [-0.15, -0.1) is 5.10 Å². The number of nitrogens with one attached hydrogen (secondary N) is 2. The molecule has 7 aromatic carbocycles. The number of methoxy groups -OCH3 is 13. The van der Waals surface area contributed by atoms with Gasteiger partial charge in [0.15, 0.2) is 56.3 Å². The van der Waals surface area contributed by atoms with Crippen molar-refractivity contribution < 1.29 is 114 Å². The summed E-state index contributed by atoms with van der Waals surface area (Å²) in [5.74, 6) is 7.35. The van der Waals surface area contributed by atoms with E-state index in [9.17, 15) is 38.4 Å². The van der Waals surface area contributed by atoms with Crippen LogP contribution in [0, 0.1) is 0 Å². The summed E-state index contributed by atoms with van der Waals surface area (Å²) >= 11 is 9.45. The Kier molecular flexibility index (Phi) is 38.2. The van der Waals surface area contributed by atoms with Crippen LogP contribution in [0.25, 0.3) is 50.3 Å². The maximum atomic E-state index is 13.0. The largest absolute Gasteiger partial charge is 0.497 e. The van der Waals surface area contributed by atoms with Gasteiger partial charge in [-0.2, -0.15) is 39.7 Å². The van der Waals surface area contributed by atoms with Gasteiger partial charge in [0.2, 0.25) is 29.5 Å². The minimum absolute atomic E-state index is 0.0128. The first-order valence-electron chi connectivity index (χ1n) is 44.5. The van der Waals surface area contributed by atoms with Crippen LogP contribution in [0.1, 0.15) is 110 Å². The highest BCUT2D eigenvalue weighted by molar-refractivity contribution is 9.10. The van der Waals surface area contributed by atoms with Crippen molar-refractivity contribution in [1.29, 1.82) is 0 Å². The number of benzene rings is 7. The summed E-state index contributed by atoms with van der Waals surface area (Å²) in [7, 11) is 19.1. The summed E-state index contributed by atoms with van der Waals surface area (Å²) in [5.41, 5.74) is 21.8. The van der Waals surface area contributed by atoms with Crippen molar-refractivity contribution in [2.24, 2.45) is 5.84 Å². The predicted octanol–water partition coefficient (Wildman–Crippen LogP) is 13.4. The Morgan fingerprint density at radius 2 is 0.770 bits per heavy atom. The number of ketones is 1. The number of furan rings is 2. The van der Waals surface area contributed by atoms with Gasteiger partial charge in [0, 0.05) is 0 Å². The van der Waals surface area contributed by atoms with Crippen LogP contribution >= 0.6 is 27.5 Å². The number of carbonyl (C=O) groups is 8. The normalized spacial score (nSPS) is 13.2. The van der Waals surface area contributed by atoms with E-state index in [1.165, 1.54) is 86.1 Å². The Morgan fingerprint density at radius 3 is 1.14 bits per heavy atom. The van der Waals surface area contributed by atoms with Crippen LogP contribution in [0.2, 0.25) is 5.15 Å². The lowest BCUT2D eigenvalue weighted by atomic mass is 9.92. The highest BCUT2D eigenvalue weighted by Gasteiger charge is 2.45. The second kappa shape index (κ2) is 50.3. The van der Waals surface area contributed by atoms with Gasteiger partial charge in [-0.3, -0.25) is 25.0 Å². The molecule has 0 aliphatic rings. The molecule has 44 nitrogen and oxygen atoms in total. The molecular formula is C102H112BrClN20O24. The van der Waals surface area contributed by atoms with E-state index in [1.54, 1.807) is 255 Å². The number of halogens is 2. The maximum absolute atomic E-state index is 13.0.